The van der Waals surface area contributed by atoms with Crippen LogP contribution in [0.4, 0.5) is 0 Å². The summed E-state index contributed by atoms with van der Waals surface area (Å²) in [6.45, 7) is 5.87. The first-order valence-corrected chi connectivity index (χ1v) is 14.5. The van der Waals surface area contributed by atoms with Crippen LogP contribution in [0.3, 0.4) is 0 Å². The van der Waals surface area contributed by atoms with Gasteiger partial charge in [-0.2, -0.15) is 0 Å². The fourth-order valence-corrected chi connectivity index (χ4v) is 4.25. The van der Waals surface area contributed by atoms with Crippen LogP contribution in [-0.4, -0.2) is 28.2 Å². The first-order valence-electron chi connectivity index (χ1n) is 14.5. The van der Waals surface area contributed by atoms with Crippen LogP contribution < -0.4 is 10.6 Å². The van der Waals surface area contributed by atoms with Crippen molar-refractivity contribution in [1.29, 1.82) is 0 Å². The van der Waals surface area contributed by atoms with Gasteiger partial charge >= 0.3 is 0 Å². The first-order chi connectivity index (χ1) is 15.9. The number of carbonyl (C=O) groups is 1. The number of unbranched alkanes of at least 4 members (excludes halogenated alkanes) is 18. The van der Waals surface area contributed by atoms with Gasteiger partial charge < -0.3 is 15.5 Å². The van der Waals surface area contributed by atoms with E-state index in [1.54, 1.807) is 6.92 Å². The van der Waals surface area contributed by atoms with Crippen molar-refractivity contribution >= 4 is 5.91 Å². The SMILES string of the molecule is CCCCCCCCCCCCCCCCCCCCCC(=O)NC(CC)NC(O)(O)CC. The van der Waals surface area contributed by atoms with E-state index in [4.69, 9.17) is 0 Å². The summed E-state index contributed by atoms with van der Waals surface area (Å²) in [5.41, 5.74) is 0. The second kappa shape index (κ2) is 23.1. The summed E-state index contributed by atoms with van der Waals surface area (Å²) in [7, 11) is 0. The van der Waals surface area contributed by atoms with Crippen LogP contribution in [0.2, 0.25) is 0 Å². The number of nitrogens with one attached hydrogen (secondary N) is 2. The second-order valence-electron chi connectivity index (χ2n) is 9.96. The van der Waals surface area contributed by atoms with Gasteiger partial charge in [-0.05, 0) is 12.8 Å². The lowest BCUT2D eigenvalue weighted by Crippen LogP contribution is -2.56. The molecule has 33 heavy (non-hydrogen) atoms. The molecule has 0 aromatic carbocycles. The molecule has 0 aliphatic carbocycles. The van der Waals surface area contributed by atoms with E-state index >= 15 is 0 Å². The van der Waals surface area contributed by atoms with Gasteiger partial charge in [0.25, 0.3) is 0 Å². The molecule has 0 aromatic heterocycles. The zero-order valence-electron chi connectivity index (χ0n) is 22.4. The number of aliphatic hydroxyl groups is 2. The van der Waals surface area contributed by atoms with Gasteiger partial charge in [0.05, 0.1) is 6.17 Å². The van der Waals surface area contributed by atoms with Crippen molar-refractivity contribution < 1.29 is 15.0 Å². The van der Waals surface area contributed by atoms with Crippen LogP contribution >= 0.6 is 0 Å². The molecule has 1 atom stereocenters. The third-order valence-electron chi connectivity index (χ3n) is 6.65. The Hall–Kier alpha value is -0.650. The molecule has 0 saturated carbocycles. The molecule has 1 amide bonds. The summed E-state index contributed by atoms with van der Waals surface area (Å²) < 4.78 is 0. The Balaban J connectivity index is 3.35. The fraction of sp³-hybridized carbons (Fsp3) is 0.964. The van der Waals surface area contributed by atoms with Crippen molar-refractivity contribution in [2.45, 2.75) is 174 Å². The highest BCUT2D eigenvalue weighted by Crippen LogP contribution is 2.15. The molecule has 0 fully saturated rings. The maximum absolute atomic E-state index is 12.1. The topological polar surface area (TPSA) is 81.6 Å². The highest BCUT2D eigenvalue weighted by Gasteiger charge is 2.24. The van der Waals surface area contributed by atoms with E-state index in [1.807, 2.05) is 6.92 Å². The predicted molar refractivity (Wildman–Crippen MR) is 141 cm³/mol. The summed E-state index contributed by atoms with van der Waals surface area (Å²) in [5, 5.41) is 24.9. The van der Waals surface area contributed by atoms with E-state index in [-0.39, 0.29) is 12.3 Å². The average Bonchev–Trinajstić information content (AvgIpc) is 2.80. The summed E-state index contributed by atoms with van der Waals surface area (Å²) >= 11 is 0. The Bertz CT molecular complexity index is 429. The highest BCUT2D eigenvalue weighted by molar-refractivity contribution is 5.76. The van der Waals surface area contributed by atoms with Crippen LogP contribution in [-0.2, 0) is 4.79 Å². The molecule has 5 heteroatoms. The Morgan fingerprint density at radius 2 is 1.00 bits per heavy atom. The van der Waals surface area contributed by atoms with Crippen molar-refractivity contribution in [3.05, 3.63) is 0 Å². The van der Waals surface area contributed by atoms with Gasteiger partial charge in [-0.25, -0.2) is 5.32 Å². The monoisotopic (exact) mass is 470 g/mol. The number of hydrogen-bond acceptors (Lipinski definition) is 4. The zero-order chi connectivity index (χ0) is 24.6. The van der Waals surface area contributed by atoms with Crippen molar-refractivity contribution in [2.75, 3.05) is 0 Å². The summed E-state index contributed by atoms with van der Waals surface area (Å²) in [6.07, 6.45) is 26.4. The smallest absolute Gasteiger partial charge is 0.223 e. The standard InChI is InChI=1S/C28H58N2O3/c1-4-7-8-9-10-11-12-13-14-15-16-17-18-19-20-21-22-23-24-25-27(31)29-26(5-2)30-28(32,33)6-3/h26,30,32-33H,4-25H2,1-3H3,(H,29,31). The van der Waals surface area contributed by atoms with E-state index in [1.165, 1.54) is 109 Å². The van der Waals surface area contributed by atoms with Crippen molar-refractivity contribution in [1.82, 2.24) is 10.6 Å². The number of amides is 1. The third kappa shape index (κ3) is 22.9. The lowest BCUT2D eigenvalue weighted by molar-refractivity contribution is -0.194. The predicted octanol–water partition coefficient (Wildman–Crippen LogP) is 7.30. The molecule has 198 valence electrons. The normalized spacial score (nSPS) is 12.8. The summed E-state index contributed by atoms with van der Waals surface area (Å²) in [6, 6.07) is 0. The molecule has 0 radical (unpaired) electrons. The maximum atomic E-state index is 12.1. The minimum atomic E-state index is -1.93. The molecule has 0 heterocycles. The molecule has 0 aromatic rings. The fourth-order valence-electron chi connectivity index (χ4n) is 4.25. The Labute approximate surface area is 205 Å². The van der Waals surface area contributed by atoms with Gasteiger partial charge in [-0.3, -0.25) is 4.79 Å². The average molecular weight is 471 g/mol. The largest absolute Gasteiger partial charge is 0.353 e. The van der Waals surface area contributed by atoms with Crippen LogP contribution in [0, 0.1) is 0 Å². The molecular formula is C28H58N2O3. The van der Waals surface area contributed by atoms with E-state index in [2.05, 4.69) is 17.6 Å². The van der Waals surface area contributed by atoms with Gasteiger partial charge in [0.2, 0.25) is 11.8 Å². The Morgan fingerprint density at radius 1 is 0.636 bits per heavy atom. The minimum absolute atomic E-state index is 0.0202. The molecular weight excluding hydrogens is 412 g/mol. The van der Waals surface area contributed by atoms with Crippen molar-refractivity contribution in [2.24, 2.45) is 0 Å². The van der Waals surface area contributed by atoms with E-state index in [0.29, 0.717) is 12.8 Å². The van der Waals surface area contributed by atoms with Gasteiger partial charge in [0.1, 0.15) is 0 Å². The quantitative estimate of drug-likeness (QED) is 0.0833. The van der Waals surface area contributed by atoms with Crippen LogP contribution in [0.5, 0.6) is 0 Å². The molecule has 1 unspecified atom stereocenters. The van der Waals surface area contributed by atoms with E-state index in [9.17, 15) is 15.0 Å². The number of carbonyl (C=O) groups excluding carboxylic acids is 1. The van der Waals surface area contributed by atoms with Crippen LogP contribution in [0.1, 0.15) is 162 Å². The molecule has 4 N–H and O–H groups in total. The van der Waals surface area contributed by atoms with Crippen LogP contribution in [0.25, 0.3) is 0 Å². The van der Waals surface area contributed by atoms with E-state index < -0.39 is 12.1 Å². The van der Waals surface area contributed by atoms with Crippen LogP contribution in [0.15, 0.2) is 0 Å². The minimum Gasteiger partial charge on any atom is -0.353 e. The third-order valence-corrected chi connectivity index (χ3v) is 6.65. The number of rotatable bonds is 25. The lowest BCUT2D eigenvalue weighted by Gasteiger charge is -2.28. The molecule has 0 rings (SSSR count). The molecule has 0 bridgehead atoms. The maximum Gasteiger partial charge on any atom is 0.223 e. The van der Waals surface area contributed by atoms with Gasteiger partial charge in [-0.15, -0.1) is 0 Å². The zero-order valence-corrected chi connectivity index (χ0v) is 22.4. The van der Waals surface area contributed by atoms with Crippen molar-refractivity contribution in [3.8, 4) is 0 Å². The van der Waals surface area contributed by atoms with Crippen molar-refractivity contribution in [3.63, 3.8) is 0 Å². The molecule has 0 aliphatic heterocycles. The molecule has 0 saturated heterocycles. The second-order valence-corrected chi connectivity index (χ2v) is 9.96. The Morgan fingerprint density at radius 3 is 1.33 bits per heavy atom. The first kappa shape index (κ1) is 32.4. The number of hydrogen-bond donors (Lipinski definition) is 4. The summed E-state index contributed by atoms with van der Waals surface area (Å²) in [5.74, 6) is -1.95. The van der Waals surface area contributed by atoms with E-state index in [0.717, 1.165) is 12.8 Å². The van der Waals surface area contributed by atoms with Gasteiger partial charge in [0.15, 0.2) is 0 Å². The molecule has 0 aliphatic rings. The molecule has 5 nitrogen and oxygen atoms in total. The molecule has 0 spiro atoms. The van der Waals surface area contributed by atoms with Gasteiger partial charge in [-0.1, -0.05) is 136 Å². The highest BCUT2D eigenvalue weighted by atomic mass is 16.5. The van der Waals surface area contributed by atoms with Gasteiger partial charge in [0, 0.05) is 12.8 Å². The Kier molecular flexibility index (Phi) is 22.7. The lowest BCUT2D eigenvalue weighted by atomic mass is 10.0. The summed E-state index contributed by atoms with van der Waals surface area (Å²) in [4.78, 5) is 12.1.